The quantitative estimate of drug-likeness (QED) is 0.402. The molecule has 0 radical (unpaired) electrons. The van der Waals surface area contributed by atoms with E-state index in [1.54, 1.807) is 24.3 Å². The van der Waals surface area contributed by atoms with Gasteiger partial charge in [-0.15, -0.1) is 0 Å². The molecule has 0 atom stereocenters. The predicted molar refractivity (Wildman–Crippen MR) is 114 cm³/mol. The first kappa shape index (κ1) is 20.7. The minimum Gasteiger partial charge on any atom is -0.384 e. The van der Waals surface area contributed by atoms with Crippen molar-refractivity contribution >= 4 is 39.9 Å². The van der Waals surface area contributed by atoms with Crippen molar-refractivity contribution < 1.29 is 18.0 Å². The highest BCUT2D eigenvalue weighted by atomic mass is 32.2. The number of benzene rings is 3. The molecule has 4 aromatic rings. The van der Waals surface area contributed by atoms with Gasteiger partial charge in [0.25, 0.3) is 5.91 Å². The molecule has 0 unspecified atom stereocenters. The van der Waals surface area contributed by atoms with E-state index in [4.69, 9.17) is 5.73 Å². The van der Waals surface area contributed by atoms with Crippen LogP contribution in [0.25, 0.3) is 10.8 Å². The van der Waals surface area contributed by atoms with E-state index in [0.717, 1.165) is 22.4 Å². The summed E-state index contributed by atoms with van der Waals surface area (Å²) in [6.07, 6.45) is -3.10. The Morgan fingerprint density at radius 2 is 1.77 bits per heavy atom. The van der Waals surface area contributed by atoms with Gasteiger partial charge in [0.1, 0.15) is 17.2 Å². The maximum absolute atomic E-state index is 12.9. The lowest BCUT2D eigenvalue weighted by atomic mass is 10.0. The second-order valence-corrected chi connectivity index (χ2v) is 7.70. The zero-order chi connectivity index (χ0) is 22.0. The number of hydrogen-bond acceptors (Lipinski definition) is 5. The Bertz CT molecular complexity index is 1280. The van der Waals surface area contributed by atoms with Gasteiger partial charge in [-0.3, -0.25) is 4.79 Å². The molecule has 3 N–H and O–H groups in total. The van der Waals surface area contributed by atoms with Crippen LogP contribution in [0.1, 0.15) is 15.9 Å². The Morgan fingerprint density at radius 3 is 2.55 bits per heavy atom. The molecule has 0 aliphatic carbocycles. The average Bonchev–Trinajstić information content (AvgIpc) is 2.73. The normalized spacial score (nSPS) is 11.5. The number of nitrogens with zero attached hydrogens (tertiary/aromatic N) is 2. The minimum atomic E-state index is -4.48. The van der Waals surface area contributed by atoms with Crippen molar-refractivity contribution in [2.24, 2.45) is 0 Å². The Morgan fingerprint density at radius 1 is 0.968 bits per heavy atom. The fourth-order valence-electron chi connectivity index (χ4n) is 3.03. The minimum absolute atomic E-state index is 0.0744. The number of nitrogens with two attached hydrogens (primary N) is 1. The summed E-state index contributed by atoms with van der Waals surface area (Å²) in [5.41, 5.74) is 5.29. The molecule has 0 bridgehead atoms. The van der Waals surface area contributed by atoms with E-state index in [-0.39, 0.29) is 5.69 Å². The highest BCUT2D eigenvalue weighted by molar-refractivity contribution is 7.99. The first-order valence-electron chi connectivity index (χ1n) is 9.06. The molecule has 1 amide bonds. The fourth-order valence-corrected chi connectivity index (χ4v) is 3.87. The second kappa shape index (κ2) is 8.27. The summed E-state index contributed by atoms with van der Waals surface area (Å²) in [7, 11) is 0. The van der Waals surface area contributed by atoms with E-state index < -0.39 is 17.6 Å². The Balaban J connectivity index is 1.60. The number of rotatable bonds is 4. The summed E-state index contributed by atoms with van der Waals surface area (Å²) in [5, 5.41) is 4.72. The van der Waals surface area contributed by atoms with Gasteiger partial charge in [0.05, 0.1) is 5.56 Å². The largest absolute Gasteiger partial charge is 0.416 e. The lowest BCUT2D eigenvalue weighted by Crippen LogP contribution is -2.13. The second-order valence-electron chi connectivity index (χ2n) is 6.60. The lowest BCUT2D eigenvalue weighted by Gasteiger charge is -2.11. The first-order valence-corrected chi connectivity index (χ1v) is 9.88. The molecule has 3 aromatic carbocycles. The molecule has 0 spiro atoms. The van der Waals surface area contributed by atoms with Crippen molar-refractivity contribution in [1.82, 2.24) is 9.97 Å². The molecule has 31 heavy (non-hydrogen) atoms. The third kappa shape index (κ3) is 4.77. The standard InChI is InChI=1S/C22H15F3N4OS/c23-22(24,25)14-4-2-5-15(10-14)29-21(30)18-6-1-3-13-9-16(7-8-17(13)18)31-20-11-19(26)27-12-28-20/h1-12H,(H,29,30)(H2,26,27,28). The summed E-state index contributed by atoms with van der Waals surface area (Å²) in [6, 6.07) is 16.9. The van der Waals surface area contributed by atoms with Crippen LogP contribution in [0.5, 0.6) is 0 Å². The van der Waals surface area contributed by atoms with Gasteiger partial charge >= 0.3 is 6.18 Å². The average molecular weight is 440 g/mol. The van der Waals surface area contributed by atoms with Crippen LogP contribution >= 0.6 is 11.8 Å². The van der Waals surface area contributed by atoms with Crippen LogP contribution in [0.4, 0.5) is 24.7 Å². The van der Waals surface area contributed by atoms with Crippen molar-refractivity contribution in [3.8, 4) is 0 Å². The van der Waals surface area contributed by atoms with Crippen molar-refractivity contribution in [1.29, 1.82) is 0 Å². The number of carbonyl (C=O) groups excluding carboxylic acids is 1. The summed E-state index contributed by atoms with van der Waals surface area (Å²) < 4.78 is 38.8. The summed E-state index contributed by atoms with van der Waals surface area (Å²) in [4.78, 5) is 21.7. The molecule has 156 valence electrons. The van der Waals surface area contributed by atoms with Crippen molar-refractivity contribution in [2.75, 3.05) is 11.1 Å². The van der Waals surface area contributed by atoms with Crippen LogP contribution in [0.2, 0.25) is 0 Å². The van der Waals surface area contributed by atoms with Gasteiger partial charge in [0, 0.05) is 22.2 Å². The van der Waals surface area contributed by atoms with E-state index >= 15 is 0 Å². The van der Waals surface area contributed by atoms with Crippen LogP contribution in [0.15, 0.2) is 83.0 Å². The van der Waals surface area contributed by atoms with Gasteiger partial charge in [0.2, 0.25) is 0 Å². The number of aromatic nitrogens is 2. The molecule has 0 saturated carbocycles. The zero-order valence-electron chi connectivity index (χ0n) is 15.9. The smallest absolute Gasteiger partial charge is 0.384 e. The number of halogens is 3. The lowest BCUT2D eigenvalue weighted by molar-refractivity contribution is -0.137. The Kier molecular flexibility index (Phi) is 5.51. The van der Waals surface area contributed by atoms with Crippen LogP contribution in [0, 0.1) is 0 Å². The SMILES string of the molecule is Nc1cc(Sc2ccc3c(C(=O)Nc4cccc(C(F)(F)F)c4)cccc3c2)ncn1. The van der Waals surface area contributed by atoms with Gasteiger partial charge in [-0.25, -0.2) is 9.97 Å². The van der Waals surface area contributed by atoms with E-state index in [1.807, 2.05) is 18.2 Å². The molecule has 9 heteroatoms. The van der Waals surface area contributed by atoms with E-state index in [0.29, 0.717) is 21.8 Å². The van der Waals surface area contributed by atoms with Crippen LogP contribution < -0.4 is 11.1 Å². The van der Waals surface area contributed by atoms with Crippen LogP contribution in [0.3, 0.4) is 0 Å². The maximum atomic E-state index is 12.9. The summed E-state index contributed by atoms with van der Waals surface area (Å²) in [6.45, 7) is 0. The van der Waals surface area contributed by atoms with Gasteiger partial charge in [-0.05, 0) is 47.2 Å². The number of fused-ring (bicyclic) bond motifs is 1. The third-order valence-electron chi connectivity index (χ3n) is 4.43. The number of nitrogens with one attached hydrogen (secondary N) is 1. The highest BCUT2D eigenvalue weighted by Crippen LogP contribution is 2.32. The van der Waals surface area contributed by atoms with Crippen molar-refractivity contribution in [3.05, 3.63) is 84.2 Å². The molecule has 5 nitrogen and oxygen atoms in total. The molecule has 1 heterocycles. The number of alkyl halides is 3. The van der Waals surface area contributed by atoms with Crippen LogP contribution in [-0.2, 0) is 6.18 Å². The fraction of sp³-hybridized carbons (Fsp3) is 0.0455. The van der Waals surface area contributed by atoms with E-state index in [9.17, 15) is 18.0 Å². The van der Waals surface area contributed by atoms with E-state index in [1.165, 1.54) is 30.2 Å². The first-order chi connectivity index (χ1) is 14.8. The number of amides is 1. The molecule has 0 fully saturated rings. The number of carbonyl (C=O) groups is 1. The highest BCUT2D eigenvalue weighted by Gasteiger charge is 2.30. The topological polar surface area (TPSA) is 80.9 Å². The van der Waals surface area contributed by atoms with Crippen molar-refractivity contribution in [2.45, 2.75) is 16.1 Å². The van der Waals surface area contributed by atoms with Crippen molar-refractivity contribution in [3.63, 3.8) is 0 Å². The Labute approximate surface area is 179 Å². The molecule has 0 aliphatic heterocycles. The summed E-state index contributed by atoms with van der Waals surface area (Å²) >= 11 is 1.40. The van der Waals surface area contributed by atoms with Gasteiger partial charge in [0.15, 0.2) is 0 Å². The monoisotopic (exact) mass is 440 g/mol. The number of anilines is 2. The maximum Gasteiger partial charge on any atom is 0.416 e. The predicted octanol–water partition coefficient (Wildman–Crippen LogP) is 5.63. The Hall–Kier alpha value is -3.59. The van der Waals surface area contributed by atoms with Gasteiger partial charge in [-0.2, -0.15) is 13.2 Å². The van der Waals surface area contributed by atoms with Gasteiger partial charge in [-0.1, -0.05) is 36.0 Å². The molecule has 0 saturated heterocycles. The molecular formula is C22H15F3N4OS. The molecule has 4 rings (SSSR count). The molecular weight excluding hydrogens is 425 g/mol. The van der Waals surface area contributed by atoms with Gasteiger partial charge < -0.3 is 11.1 Å². The van der Waals surface area contributed by atoms with E-state index in [2.05, 4.69) is 15.3 Å². The summed E-state index contributed by atoms with van der Waals surface area (Å²) in [5.74, 6) is -0.124. The number of nitrogen functional groups attached to an aromatic ring is 1. The third-order valence-corrected chi connectivity index (χ3v) is 5.35. The van der Waals surface area contributed by atoms with Crippen LogP contribution in [-0.4, -0.2) is 15.9 Å². The zero-order valence-corrected chi connectivity index (χ0v) is 16.7. The molecule has 1 aromatic heterocycles. The number of hydrogen-bond donors (Lipinski definition) is 2. The molecule has 0 aliphatic rings.